The summed E-state index contributed by atoms with van der Waals surface area (Å²) in [5, 5.41) is 2.79. The van der Waals surface area contributed by atoms with Crippen LogP contribution < -0.4 is 15.8 Å². The highest BCUT2D eigenvalue weighted by molar-refractivity contribution is 5.73. The molecule has 0 atom stereocenters. The van der Waals surface area contributed by atoms with Crippen molar-refractivity contribution < 1.29 is 23.8 Å². The lowest BCUT2D eigenvalue weighted by Crippen LogP contribution is -2.32. The summed E-state index contributed by atoms with van der Waals surface area (Å²) in [6.07, 6.45) is -0.321. The number of hydrogen-bond acceptors (Lipinski definition) is 6. The number of carbonyl (C=O) groups is 2. The molecule has 7 heteroatoms. The number of benzene rings is 3. The highest BCUT2D eigenvalue weighted by Crippen LogP contribution is 2.25. The minimum Gasteiger partial charge on any atom is -0.489 e. The maximum Gasteiger partial charge on any atom is 0.407 e. The Labute approximate surface area is 212 Å². The molecular formula is C29H34N2O5. The Kier molecular flexibility index (Phi) is 9.08. The molecule has 0 spiro atoms. The van der Waals surface area contributed by atoms with Crippen LogP contribution in [0.3, 0.4) is 0 Å². The van der Waals surface area contributed by atoms with Crippen LogP contribution in [0.2, 0.25) is 0 Å². The number of methoxy groups -OCH3 is 1. The SMILES string of the molecule is COC(=O)Cc1ccc(CN)cc1OCc1cccc(-c2cccc(CNC(=O)OC(C)(C)C)c2)c1. The van der Waals surface area contributed by atoms with Gasteiger partial charge in [-0.05, 0) is 66.8 Å². The summed E-state index contributed by atoms with van der Waals surface area (Å²) in [5.74, 6) is 0.285. The first-order valence-corrected chi connectivity index (χ1v) is 11.8. The monoisotopic (exact) mass is 490 g/mol. The molecule has 3 N–H and O–H groups in total. The number of nitrogens with two attached hydrogens (primary N) is 1. The van der Waals surface area contributed by atoms with Crippen LogP contribution in [-0.2, 0) is 40.4 Å². The number of rotatable bonds is 9. The zero-order valence-electron chi connectivity index (χ0n) is 21.3. The van der Waals surface area contributed by atoms with Crippen LogP contribution in [0.15, 0.2) is 66.7 Å². The Balaban J connectivity index is 1.71. The van der Waals surface area contributed by atoms with Crippen LogP contribution in [0.4, 0.5) is 4.79 Å². The van der Waals surface area contributed by atoms with Crippen molar-refractivity contribution in [2.45, 2.75) is 52.5 Å². The van der Waals surface area contributed by atoms with Gasteiger partial charge in [0.2, 0.25) is 0 Å². The summed E-state index contributed by atoms with van der Waals surface area (Å²) in [5.41, 5.74) is 10.9. The van der Waals surface area contributed by atoms with Gasteiger partial charge in [0, 0.05) is 18.7 Å². The number of carbonyl (C=O) groups excluding carboxylic acids is 2. The van der Waals surface area contributed by atoms with Crippen molar-refractivity contribution in [1.82, 2.24) is 5.32 Å². The molecular weight excluding hydrogens is 456 g/mol. The van der Waals surface area contributed by atoms with Crippen molar-refractivity contribution in [2.75, 3.05) is 7.11 Å². The van der Waals surface area contributed by atoms with E-state index in [1.807, 2.05) is 81.4 Å². The van der Waals surface area contributed by atoms with Crippen molar-refractivity contribution in [3.63, 3.8) is 0 Å². The van der Waals surface area contributed by atoms with Crippen molar-refractivity contribution in [3.8, 4) is 16.9 Å². The largest absolute Gasteiger partial charge is 0.489 e. The van der Waals surface area contributed by atoms with Crippen LogP contribution >= 0.6 is 0 Å². The third-order valence-corrected chi connectivity index (χ3v) is 5.35. The van der Waals surface area contributed by atoms with Crippen molar-refractivity contribution >= 4 is 12.1 Å². The number of esters is 1. The number of alkyl carbamates (subject to hydrolysis) is 1. The first-order chi connectivity index (χ1) is 17.2. The lowest BCUT2D eigenvalue weighted by Gasteiger charge is -2.19. The van der Waals surface area contributed by atoms with Crippen LogP contribution in [0.5, 0.6) is 5.75 Å². The van der Waals surface area contributed by atoms with Gasteiger partial charge in [-0.2, -0.15) is 0 Å². The molecule has 0 unspecified atom stereocenters. The maximum atomic E-state index is 12.0. The second kappa shape index (κ2) is 12.2. The van der Waals surface area contributed by atoms with E-state index in [2.05, 4.69) is 11.4 Å². The summed E-state index contributed by atoms with van der Waals surface area (Å²) in [7, 11) is 1.37. The molecule has 0 aliphatic carbocycles. The highest BCUT2D eigenvalue weighted by atomic mass is 16.6. The van der Waals surface area contributed by atoms with Crippen molar-refractivity contribution in [2.24, 2.45) is 5.73 Å². The van der Waals surface area contributed by atoms with Crippen LogP contribution in [0.1, 0.15) is 43.0 Å². The minimum absolute atomic E-state index is 0.126. The average molecular weight is 491 g/mol. The molecule has 3 rings (SSSR count). The average Bonchev–Trinajstić information content (AvgIpc) is 2.86. The van der Waals surface area contributed by atoms with Gasteiger partial charge in [0.15, 0.2) is 0 Å². The van der Waals surface area contributed by atoms with E-state index in [-0.39, 0.29) is 12.4 Å². The molecule has 36 heavy (non-hydrogen) atoms. The smallest absolute Gasteiger partial charge is 0.407 e. The first kappa shape index (κ1) is 26.8. The molecule has 0 saturated heterocycles. The summed E-state index contributed by atoms with van der Waals surface area (Å²) in [6, 6.07) is 21.6. The fourth-order valence-electron chi connectivity index (χ4n) is 3.59. The Morgan fingerprint density at radius 3 is 2.19 bits per heavy atom. The second-order valence-corrected chi connectivity index (χ2v) is 9.44. The van der Waals surface area contributed by atoms with Crippen LogP contribution in [-0.4, -0.2) is 24.8 Å². The zero-order valence-corrected chi connectivity index (χ0v) is 21.3. The Bertz CT molecular complexity index is 1200. The van der Waals surface area contributed by atoms with Gasteiger partial charge in [0.05, 0.1) is 13.5 Å². The Morgan fingerprint density at radius 1 is 0.889 bits per heavy atom. The quantitative estimate of drug-likeness (QED) is 0.403. The van der Waals surface area contributed by atoms with E-state index in [0.717, 1.165) is 33.4 Å². The van der Waals surface area contributed by atoms with Gasteiger partial charge in [0.1, 0.15) is 18.0 Å². The second-order valence-electron chi connectivity index (χ2n) is 9.44. The van der Waals surface area contributed by atoms with E-state index < -0.39 is 11.7 Å². The highest BCUT2D eigenvalue weighted by Gasteiger charge is 2.16. The molecule has 0 bridgehead atoms. The molecule has 190 valence electrons. The molecule has 0 aromatic heterocycles. The minimum atomic E-state index is -0.542. The van der Waals surface area contributed by atoms with E-state index in [0.29, 0.717) is 25.4 Å². The van der Waals surface area contributed by atoms with Gasteiger partial charge in [-0.15, -0.1) is 0 Å². The molecule has 3 aromatic rings. The van der Waals surface area contributed by atoms with E-state index in [1.165, 1.54) is 7.11 Å². The lowest BCUT2D eigenvalue weighted by atomic mass is 10.0. The number of nitrogens with one attached hydrogen (secondary N) is 1. The predicted molar refractivity (Wildman–Crippen MR) is 139 cm³/mol. The number of hydrogen-bond donors (Lipinski definition) is 2. The molecule has 0 saturated carbocycles. The number of ether oxygens (including phenoxy) is 3. The zero-order chi connectivity index (χ0) is 26.1. The molecule has 0 aliphatic rings. The maximum absolute atomic E-state index is 12.0. The van der Waals surface area contributed by atoms with Crippen LogP contribution in [0, 0.1) is 0 Å². The third-order valence-electron chi connectivity index (χ3n) is 5.35. The molecule has 0 heterocycles. The van der Waals surface area contributed by atoms with Crippen LogP contribution in [0.25, 0.3) is 11.1 Å². The fraction of sp³-hybridized carbons (Fsp3) is 0.310. The van der Waals surface area contributed by atoms with Gasteiger partial charge in [-0.1, -0.05) is 48.5 Å². The molecule has 7 nitrogen and oxygen atoms in total. The Hall–Kier alpha value is -3.84. The summed E-state index contributed by atoms with van der Waals surface area (Å²) < 4.78 is 16.2. The standard InChI is InChI=1S/C29H34N2O5/c1-29(2,3)36-28(33)31-18-21-7-5-9-23(13-21)24-10-6-8-22(14-24)19-35-26-15-20(17-30)11-12-25(26)16-27(32)34-4/h5-15H,16-19,30H2,1-4H3,(H,31,33). The van der Waals surface area contributed by atoms with E-state index in [4.69, 9.17) is 19.9 Å². The fourth-order valence-corrected chi connectivity index (χ4v) is 3.59. The lowest BCUT2D eigenvalue weighted by molar-refractivity contribution is -0.139. The van der Waals surface area contributed by atoms with E-state index >= 15 is 0 Å². The predicted octanol–water partition coefficient (Wildman–Crippen LogP) is 5.13. The normalized spacial score (nSPS) is 11.0. The van der Waals surface area contributed by atoms with Crippen molar-refractivity contribution in [3.05, 3.63) is 89.0 Å². The van der Waals surface area contributed by atoms with E-state index in [1.54, 1.807) is 0 Å². The summed E-state index contributed by atoms with van der Waals surface area (Å²) in [6.45, 7) is 6.57. The van der Waals surface area contributed by atoms with Gasteiger partial charge < -0.3 is 25.3 Å². The van der Waals surface area contributed by atoms with Gasteiger partial charge in [-0.25, -0.2) is 4.79 Å². The van der Waals surface area contributed by atoms with Gasteiger partial charge >= 0.3 is 12.1 Å². The first-order valence-electron chi connectivity index (χ1n) is 11.8. The summed E-state index contributed by atoms with van der Waals surface area (Å²) >= 11 is 0. The molecule has 0 fully saturated rings. The Morgan fingerprint density at radius 2 is 1.56 bits per heavy atom. The summed E-state index contributed by atoms with van der Waals surface area (Å²) in [4.78, 5) is 23.8. The van der Waals surface area contributed by atoms with Gasteiger partial charge in [-0.3, -0.25) is 4.79 Å². The van der Waals surface area contributed by atoms with Crippen molar-refractivity contribution in [1.29, 1.82) is 0 Å². The third kappa shape index (κ3) is 8.13. The molecule has 1 amide bonds. The van der Waals surface area contributed by atoms with E-state index in [9.17, 15) is 9.59 Å². The molecule has 0 aliphatic heterocycles. The topological polar surface area (TPSA) is 99.9 Å². The van der Waals surface area contributed by atoms with Gasteiger partial charge in [0.25, 0.3) is 0 Å². The molecule has 3 aromatic carbocycles. The number of amides is 1. The molecule has 0 radical (unpaired) electrons.